The Kier molecular flexibility index (Phi) is 4.94. The molecule has 2 aromatic rings. The summed E-state index contributed by atoms with van der Waals surface area (Å²) in [5, 5.41) is 0. The van der Waals surface area contributed by atoms with Crippen molar-refractivity contribution >= 4 is 12.0 Å². The van der Waals surface area contributed by atoms with Crippen molar-refractivity contribution < 1.29 is 4.79 Å². The van der Waals surface area contributed by atoms with Crippen LogP contribution in [0.3, 0.4) is 0 Å². The summed E-state index contributed by atoms with van der Waals surface area (Å²) in [5.74, 6) is 0.00641. The standard InChI is InChI=1S/C19H21NO/c1-15-9-11-17(12-10-15)13-14-19(21)20(3)16(2)18-7-5-4-6-8-18/h4-14,16H,1-3H3/b14-13+. The lowest BCUT2D eigenvalue weighted by Crippen LogP contribution is -2.27. The number of nitrogens with zero attached hydrogens (tertiary/aromatic N) is 1. The molecular weight excluding hydrogens is 258 g/mol. The highest BCUT2D eigenvalue weighted by molar-refractivity contribution is 5.91. The molecule has 0 aliphatic rings. The van der Waals surface area contributed by atoms with Gasteiger partial charge in [0.1, 0.15) is 0 Å². The van der Waals surface area contributed by atoms with Crippen LogP contribution in [0.4, 0.5) is 0 Å². The Hall–Kier alpha value is -2.35. The van der Waals surface area contributed by atoms with Crippen molar-refractivity contribution in [3.05, 3.63) is 77.4 Å². The number of carbonyl (C=O) groups excluding carboxylic acids is 1. The van der Waals surface area contributed by atoms with Crippen molar-refractivity contribution in [2.24, 2.45) is 0 Å². The predicted molar refractivity (Wildman–Crippen MR) is 87.8 cm³/mol. The number of carbonyl (C=O) groups is 1. The van der Waals surface area contributed by atoms with Gasteiger partial charge in [-0.1, -0.05) is 60.2 Å². The van der Waals surface area contributed by atoms with Crippen molar-refractivity contribution in [2.45, 2.75) is 19.9 Å². The Bertz CT molecular complexity index is 614. The fourth-order valence-corrected chi connectivity index (χ4v) is 2.11. The van der Waals surface area contributed by atoms with Gasteiger partial charge in [0, 0.05) is 13.1 Å². The molecule has 0 aliphatic carbocycles. The monoisotopic (exact) mass is 279 g/mol. The summed E-state index contributed by atoms with van der Waals surface area (Å²) >= 11 is 0. The second-order valence-corrected chi connectivity index (χ2v) is 5.28. The minimum absolute atomic E-state index is 0.00641. The third-order valence-electron chi connectivity index (χ3n) is 3.71. The molecular formula is C19H21NO. The quantitative estimate of drug-likeness (QED) is 0.767. The number of aryl methyl sites for hydroxylation is 1. The molecule has 1 atom stereocenters. The number of amides is 1. The first kappa shape index (κ1) is 15.0. The second kappa shape index (κ2) is 6.89. The molecule has 2 heteroatoms. The first-order chi connectivity index (χ1) is 10.1. The molecule has 21 heavy (non-hydrogen) atoms. The predicted octanol–water partition coefficient (Wildman–Crippen LogP) is 4.23. The topological polar surface area (TPSA) is 20.3 Å². The van der Waals surface area contributed by atoms with Crippen molar-refractivity contribution in [3.63, 3.8) is 0 Å². The SMILES string of the molecule is Cc1ccc(/C=C/C(=O)N(C)C(C)c2ccccc2)cc1. The molecule has 1 unspecified atom stereocenters. The van der Waals surface area contributed by atoms with Crippen LogP contribution in [-0.4, -0.2) is 17.9 Å². The van der Waals surface area contributed by atoms with Crippen LogP contribution in [0, 0.1) is 6.92 Å². The summed E-state index contributed by atoms with van der Waals surface area (Å²) in [6.07, 6.45) is 3.49. The van der Waals surface area contributed by atoms with E-state index in [1.807, 2.05) is 81.6 Å². The molecule has 0 heterocycles. The molecule has 2 aromatic carbocycles. The Morgan fingerprint density at radius 2 is 1.67 bits per heavy atom. The maximum atomic E-state index is 12.2. The molecule has 0 radical (unpaired) electrons. The Labute approximate surface area is 126 Å². The fraction of sp³-hybridized carbons (Fsp3) is 0.211. The maximum absolute atomic E-state index is 12.2. The van der Waals surface area contributed by atoms with Gasteiger partial charge in [0.15, 0.2) is 0 Å². The molecule has 0 saturated heterocycles. The lowest BCUT2D eigenvalue weighted by Gasteiger charge is -2.24. The summed E-state index contributed by atoms with van der Waals surface area (Å²) < 4.78 is 0. The van der Waals surface area contributed by atoms with Gasteiger partial charge in [0.05, 0.1) is 6.04 Å². The third-order valence-corrected chi connectivity index (χ3v) is 3.71. The molecule has 108 valence electrons. The van der Waals surface area contributed by atoms with E-state index in [0.29, 0.717) is 0 Å². The summed E-state index contributed by atoms with van der Waals surface area (Å²) in [6.45, 7) is 4.08. The van der Waals surface area contributed by atoms with Gasteiger partial charge in [0.25, 0.3) is 0 Å². The van der Waals surface area contributed by atoms with Crippen LogP contribution in [0.25, 0.3) is 6.08 Å². The van der Waals surface area contributed by atoms with E-state index >= 15 is 0 Å². The van der Waals surface area contributed by atoms with Gasteiger partial charge in [-0.25, -0.2) is 0 Å². The molecule has 0 saturated carbocycles. The van der Waals surface area contributed by atoms with Crippen LogP contribution < -0.4 is 0 Å². The van der Waals surface area contributed by atoms with Crippen molar-refractivity contribution in [1.82, 2.24) is 4.90 Å². The molecule has 2 nitrogen and oxygen atoms in total. The Morgan fingerprint density at radius 3 is 2.29 bits per heavy atom. The summed E-state index contributed by atoms with van der Waals surface area (Å²) in [6, 6.07) is 18.2. The van der Waals surface area contributed by atoms with E-state index in [1.54, 1.807) is 11.0 Å². The minimum atomic E-state index is 0.00641. The van der Waals surface area contributed by atoms with Gasteiger partial charge < -0.3 is 4.90 Å². The van der Waals surface area contributed by atoms with Crippen LogP contribution >= 0.6 is 0 Å². The molecule has 0 bridgehead atoms. The van der Waals surface area contributed by atoms with Gasteiger partial charge in [0.2, 0.25) is 5.91 Å². The van der Waals surface area contributed by atoms with E-state index in [4.69, 9.17) is 0 Å². The second-order valence-electron chi connectivity index (χ2n) is 5.28. The van der Waals surface area contributed by atoms with E-state index in [1.165, 1.54) is 5.56 Å². The van der Waals surface area contributed by atoms with Gasteiger partial charge in [-0.3, -0.25) is 4.79 Å². The van der Waals surface area contributed by atoms with Crippen LogP contribution in [-0.2, 0) is 4.79 Å². The molecule has 0 aliphatic heterocycles. The fourth-order valence-electron chi connectivity index (χ4n) is 2.11. The van der Waals surface area contributed by atoms with Crippen molar-refractivity contribution in [1.29, 1.82) is 0 Å². The van der Waals surface area contributed by atoms with E-state index in [9.17, 15) is 4.79 Å². The summed E-state index contributed by atoms with van der Waals surface area (Å²) in [7, 11) is 1.83. The van der Waals surface area contributed by atoms with E-state index in [2.05, 4.69) is 0 Å². The van der Waals surface area contributed by atoms with Crippen LogP contribution in [0.1, 0.15) is 29.7 Å². The van der Waals surface area contributed by atoms with Crippen LogP contribution in [0.5, 0.6) is 0 Å². The maximum Gasteiger partial charge on any atom is 0.246 e. The number of benzene rings is 2. The van der Waals surface area contributed by atoms with Crippen molar-refractivity contribution in [3.8, 4) is 0 Å². The zero-order valence-electron chi connectivity index (χ0n) is 12.8. The van der Waals surface area contributed by atoms with Crippen LogP contribution in [0.15, 0.2) is 60.7 Å². The van der Waals surface area contributed by atoms with E-state index < -0.39 is 0 Å². The Morgan fingerprint density at radius 1 is 1.05 bits per heavy atom. The average Bonchev–Trinajstić information content (AvgIpc) is 2.53. The zero-order chi connectivity index (χ0) is 15.2. The first-order valence-electron chi connectivity index (χ1n) is 7.14. The molecule has 0 fully saturated rings. The lowest BCUT2D eigenvalue weighted by atomic mass is 10.1. The highest BCUT2D eigenvalue weighted by atomic mass is 16.2. The summed E-state index contributed by atoms with van der Waals surface area (Å²) in [4.78, 5) is 14.0. The van der Waals surface area contributed by atoms with Gasteiger partial charge in [-0.2, -0.15) is 0 Å². The average molecular weight is 279 g/mol. The molecule has 0 N–H and O–H groups in total. The normalized spacial score (nSPS) is 12.3. The molecule has 1 amide bonds. The largest absolute Gasteiger partial charge is 0.335 e. The van der Waals surface area contributed by atoms with Gasteiger partial charge >= 0.3 is 0 Å². The van der Waals surface area contributed by atoms with E-state index in [0.717, 1.165) is 11.1 Å². The molecule has 2 rings (SSSR count). The number of hydrogen-bond donors (Lipinski definition) is 0. The number of hydrogen-bond acceptors (Lipinski definition) is 1. The summed E-state index contributed by atoms with van der Waals surface area (Å²) in [5.41, 5.74) is 3.39. The van der Waals surface area contributed by atoms with Crippen molar-refractivity contribution in [2.75, 3.05) is 7.05 Å². The van der Waals surface area contributed by atoms with Gasteiger partial charge in [-0.05, 0) is 31.1 Å². The molecule has 0 aromatic heterocycles. The minimum Gasteiger partial charge on any atom is -0.335 e. The smallest absolute Gasteiger partial charge is 0.246 e. The lowest BCUT2D eigenvalue weighted by molar-refractivity contribution is -0.126. The first-order valence-corrected chi connectivity index (χ1v) is 7.14. The van der Waals surface area contributed by atoms with E-state index in [-0.39, 0.29) is 11.9 Å². The van der Waals surface area contributed by atoms with Gasteiger partial charge in [-0.15, -0.1) is 0 Å². The number of rotatable bonds is 4. The highest BCUT2D eigenvalue weighted by Gasteiger charge is 2.14. The Balaban J connectivity index is 2.04. The number of likely N-dealkylation sites (N-methyl/N-ethyl adjacent to an activating group) is 1. The third kappa shape index (κ3) is 4.06. The van der Waals surface area contributed by atoms with Crippen LogP contribution in [0.2, 0.25) is 0 Å². The zero-order valence-corrected chi connectivity index (χ0v) is 12.8. The molecule has 0 spiro atoms. The highest BCUT2D eigenvalue weighted by Crippen LogP contribution is 2.18.